The van der Waals surface area contributed by atoms with Crippen molar-refractivity contribution in [3.05, 3.63) is 104 Å². The number of rotatable bonds is 13. The number of aromatic nitrogens is 2. The van der Waals surface area contributed by atoms with Crippen LogP contribution in [0.5, 0.6) is 17.4 Å². The molecule has 0 aliphatic rings. The summed E-state index contributed by atoms with van der Waals surface area (Å²) in [5, 5.41) is 12.9. The second-order valence-corrected chi connectivity index (χ2v) is 12.8. The Bertz CT molecular complexity index is 2260. The van der Waals surface area contributed by atoms with Gasteiger partial charge in [0.2, 0.25) is 11.8 Å². The number of halogens is 5. The number of carbonyl (C=O) groups is 4. The number of nitro groups is 1. The summed E-state index contributed by atoms with van der Waals surface area (Å²) in [4.78, 5) is 64.9. The Morgan fingerprint density at radius 2 is 1.54 bits per heavy atom. The largest absolute Gasteiger partial charge is 0.481 e. The number of sulfonamides is 1. The average Bonchev–Trinajstić information content (AvgIpc) is 3.14. The number of esters is 3. The van der Waals surface area contributed by atoms with Crippen LogP contribution in [-0.2, 0) is 35.2 Å². The molecule has 0 bridgehead atoms. The van der Waals surface area contributed by atoms with Crippen molar-refractivity contribution < 1.29 is 69.4 Å². The van der Waals surface area contributed by atoms with Crippen LogP contribution in [0.15, 0.2) is 71.6 Å². The Hall–Kier alpha value is -6.26. The van der Waals surface area contributed by atoms with E-state index in [0.29, 0.717) is 6.07 Å². The lowest BCUT2D eigenvalue weighted by Crippen LogP contribution is -2.35. The van der Waals surface area contributed by atoms with Crippen molar-refractivity contribution in [2.24, 2.45) is 0 Å². The minimum absolute atomic E-state index is 0.0207. The smallest absolute Gasteiger partial charge is 0.416 e. The quantitative estimate of drug-likeness (QED) is 0.0473. The fourth-order valence-corrected chi connectivity index (χ4v) is 5.63. The number of methoxy groups -OCH3 is 1. The molecule has 0 fully saturated rings. The lowest BCUT2D eigenvalue weighted by atomic mass is 10.1. The molecule has 2 N–H and O–H groups in total. The number of anilines is 1. The van der Waals surface area contributed by atoms with Gasteiger partial charge in [-0.05, 0) is 50.2 Å². The van der Waals surface area contributed by atoms with E-state index in [4.69, 9.17) is 42.1 Å². The number of urea groups is 1. The highest BCUT2D eigenvalue weighted by Crippen LogP contribution is 2.37. The molecule has 3 aromatic carbocycles. The predicted octanol–water partition coefficient (Wildman–Crippen LogP) is 6.60. The monoisotopic (exact) mass is 861 g/mol. The molecular weight excluding hydrogens is 834 g/mol. The summed E-state index contributed by atoms with van der Waals surface area (Å²) in [6.07, 6.45) is -4.61. The van der Waals surface area contributed by atoms with Crippen molar-refractivity contribution in [1.82, 2.24) is 14.7 Å². The molecule has 1 aromatic heterocycles. The van der Waals surface area contributed by atoms with E-state index in [9.17, 15) is 50.9 Å². The Balaban J connectivity index is 0.000000307. The van der Waals surface area contributed by atoms with Gasteiger partial charge in [-0.3, -0.25) is 15.4 Å². The average molecular weight is 863 g/mol. The second-order valence-electron chi connectivity index (χ2n) is 10.4. The third kappa shape index (κ3) is 13.2. The number of nitrogens with zero attached hydrogens (tertiary/aromatic N) is 3. The third-order valence-corrected chi connectivity index (χ3v) is 8.38. The molecule has 0 aliphatic heterocycles. The predicted molar refractivity (Wildman–Crippen MR) is 192 cm³/mol. The molecule has 18 nitrogen and oxygen atoms in total. The number of hydrogen-bond acceptors (Lipinski definition) is 15. The Kier molecular flexibility index (Phi) is 15.9. The van der Waals surface area contributed by atoms with Crippen LogP contribution >= 0.6 is 23.2 Å². The zero-order chi connectivity index (χ0) is 42.5. The number of nitrogens with one attached hydrogen (secondary N) is 2. The van der Waals surface area contributed by atoms with Crippen LogP contribution in [0.3, 0.4) is 0 Å². The van der Waals surface area contributed by atoms with Gasteiger partial charge in [-0.2, -0.15) is 18.2 Å². The van der Waals surface area contributed by atoms with Crippen LogP contribution in [0, 0.1) is 10.1 Å². The third-order valence-electron chi connectivity index (χ3n) is 6.50. The molecule has 0 unspecified atom stereocenters. The normalized spacial score (nSPS) is 10.9. The van der Waals surface area contributed by atoms with Crippen molar-refractivity contribution in [2.75, 3.05) is 32.2 Å². The second kappa shape index (κ2) is 20.1. The molecule has 57 heavy (non-hydrogen) atoms. The van der Waals surface area contributed by atoms with Crippen LogP contribution in [0.2, 0.25) is 10.2 Å². The van der Waals surface area contributed by atoms with Crippen LogP contribution in [-0.4, -0.2) is 74.2 Å². The zero-order valence-corrected chi connectivity index (χ0v) is 31.7. The number of amides is 2. The van der Waals surface area contributed by atoms with Crippen LogP contribution < -0.4 is 19.5 Å². The molecule has 0 spiro atoms. The van der Waals surface area contributed by atoms with E-state index < -0.39 is 73.4 Å². The van der Waals surface area contributed by atoms with Gasteiger partial charge in [0.05, 0.1) is 41.4 Å². The van der Waals surface area contributed by atoms with E-state index in [1.54, 1.807) is 11.6 Å². The summed E-state index contributed by atoms with van der Waals surface area (Å²) >= 11 is 11.6. The molecule has 0 saturated carbocycles. The minimum Gasteiger partial charge on any atom is -0.481 e. The fraction of sp³-hybridized carbons (Fsp3) is 0.212. The number of ether oxygens (including phenoxy) is 5. The zero-order valence-electron chi connectivity index (χ0n) is 29.4. The van der Waals surface area contributed by atoms with Gasteiger partial charge in [0, 0.05) is 18.2 Å². The van der Waals surface area contributed by atoms with E-state index in [2.05, 4.69) is 20.0 Å². The molecule has 4 aromatic rings. The number of alkyl halides is 3. The molecule has 0 aliphatic carbocycles. The first-order valence-corrected chi connectivity index (χ1v) is 17.9. The van der Waals surface area contributed by atoms with Gasteiger partial charge < -0.3 is 23.7 Å². The van der Waals surface area contributed by atoms with Crippen molar-refractivity contribution in [2.45, 2.75) is 24.9 Å². The maximum atomic E-state index is 12.7. The first-order valence-electron chi connectivity index (χ1n) is 15.6. The van der Waals surface area contributed by atoms with E-state index in [1.165, 1.54) is 44.4 Å². The van der Waals surface area contributed by atoms with Crippen LogP contribution in [0.25, 0.3) is 0 Å². The number of nitro benzene ring substituents is 1. The minimum atomic E-state index is -4.61. The molecule has 2 amide bonds. The molecule has 304 valence electrons. The van der Waals surface area contributed by atoms with Crippen LogP contribution in [0.4, 0.5) is 29.6 Å². The van der Waals surface area contributed by atoms with Gasteiger partial charge in [-0.25, -0.2) is 37.3 Å². The summed E-state index contributed by atoms with van der Waals surface area (Å²) < 4.78 is 89.2. The highest BCUT2D eigenvalue weighted by atomic mass is 35.5. The van der Waals surface area contributed by atoms with Crippen molar-refractivity contribution >= 4 is 68.8 Å². The number of carbonyl (C=O) groups excluding carboxylic acids is 4. The standard InChI is InChI=1S/C18H13ClF3NO7.C15H15ClN4O6S/c1-2-28-16(24)9-29-17(25)12-8-11(4-5-14(12)23(26)27)30-15-6-3-10(7-13(15)19)18(20,21)22;1-3-26-13(21)9-6-4-5-7-10(9)27(23,24)20-15(22)19-14-17-11(16)8-12(18-14)25-2/h3-8H,2,9H2,1H3;4-8H,3H2,1-2H3,(H2,17,18,19,20,22). The molecule has 24 heteroatoms. The Morgan fingerprint density at radius 3 is 2.16 bits per heavy atom. The number of hydrogen-bond donors (Lipinski definition) is 2. The van der Waals surface area contributed by atoms with E-state index >= 15 is 0 Å². The first kappa shape index (κ1) is 45.1. The Morgan fingerprint density at radius 1 is 0.877 bits per heavy atom. The summed E-state index contributed by atoms with van der Waals surface area (Å²) in [7, 11) is -3.05. The van der Waals surface area contributed by atoms with Gasteiger partial charge in [0.1, 0.15) is 27.1 Å². The fourth-order valence-electron chi connectivity index (χ4n) is 4.13. The molecule has 0 radical (unpaired) electrons. The summed E-state index contributed by atoms with van der Waals surface area (Å²) in [5.41, 5.74) is -2.37. The lowest BCUT2D eigenvalue weighted by Gasteiger charge is -2.12. The lowest BCUT2D eigenvalue weighted by molar-refractivity contribution is -0.385. The molecule has 0 atom stereocenters. The summed E-state index contributed by atoms with van der Waals surface area (Å²) in [6.45, 7) is 2.47. The van der Waals surface area contributed by atoms with Crippen LogP contribution in [0.1, 0.15) is 40.1 Å². The van der Waals surface area contributed by atoms with Gasteiger partial charge >= 0.3 is 30.1 Å². The SMILES string of the molecule is CCOC(=O)COC(=O)c1cc(Oc2ccc(C(F)(F)F)cc2Cl)ccc1[N+](=O)[O-].CCOC(=O)c1ccccc1S(=O)(=O)NC(=O)Nc1nc(Cl)cc(OC)n1. The van der Waals surface area contributed by atoms with E-state index in [0.717, 1.165) is 30.3 Å². The van der Waals surface area contributed by atoms with Crippen molar-refractivity contribution in [3.63, 3.8) is 0 Å². The van der Waals surface area contributed by atoms with Gasteiger partial charge in [0.25, 0.3) is 15.7 Å². The maximum Gasteiger partial charge on any atom is 0.416 e. The number of benzene rings is 3. The Labute approximate surface area is 330 Å². The highest BCUT2D eigenvalue weighted by molar-refractivity contribution is 7.90. The van der Waals surface area contributed by atoms with Gasteiger partial charge in [-0.15, -0.1) is 0 Å². The van der Waals surface area contributed by atoms with E-state index in [1.807, 2.05) is 0 Å². The highest BCUT2D eigenvalue weighted by Gasteiger charge is 2.31. The molecular formula is C33H28Cl2F3N5O13S. The van der Waals surface area contributed by atoms with Gasteiger partial charge in [-0.1, -0.05) is 35.3 Å². The van der Waals surface area contributed by atoms with Gasteiger partial charge in [0.15, 0.2) is 6.61 Å². The van der Waals surface area contributed by atoms with Crippen molar-refractivity contribution in [1.29, 1.82) is 0 Å². The van der Waals surface area contributed by atoms with E-state index in [-0.39, 0.29) is 52.3 Å². The first-order chi connectivity index (χ1) is 26.8. The summed E-state index contributed by atoms with van der Waals surface area (Å²) in [6, 6.07) is 10.8. The summed E-state index contributed by atoms with van der Waals surface area (Å²) in [5.74, 6) is -3.39. The van der Waals surface area contributed by atoms with Crippen molar-refractivity contribution in [3.8, 4) is 17.4 Å². The molecule has 1 heterocycles. The maximum absolute atomic E-state index is 12.7. The molecule has 4 rings (SSSR count). The topological polar surface area (TPSA) is 242 Å². The molecule has 0 saturated heterocycles.